The van der Waals surface area contributed by atoms with E-state index in [9.17, 15) is 10.1 Å². The summed E-state index contributed by atoms with van der Waals surface area (Å²) in [5.41, 5.74) is 0. The summed E-state index contributed by atoms with van der Waals surface area (Å²) in [5, 5.41) is 10.5. The molecule has 1 atom stereocenters. The molecular formula is C6H6ClN3O3. The summed E-state index contributed by atoms with van der Waals surface area (Å²) in [6, 6.07) is 0.275. The van der Waals surface area contributed by atoms with E-state index >= 15 is 0 Å². The third-order valence-corrected chi connectivity index (χ3v) is 2.16. The second-order valence-electron chi connectivity index (χ2n) is 2.66. The molecule has 1 aromatic heterocycles. The Bertz CT molecular complexity index is 351. The van der Waals surface area contributed by atoms with Crippen molar-refractivity contribution in [3.63, 3.8) is 0 Å². The molecule has 0 fully saturated rings. The molecule has 0 aromatic carbocycles. The molecule has 0 bridgehead atoms. The number of alkyl halides is 1. The van der Waals surface area contributed by atoms with Crippen molar-refractivity contribution < 1.29 is 9.66 Å². The Kier molecular flexibility index (Phi) is 1.84. The first-order valence-electron chi connectivity index (χ1n) is 3.65. The molecule has 1 aromatic rings. The minimum Gasteiger partial charge on any atom is -0.439 e. The summed E-state index contributed by atoms with van der Waals surface area (Å²) >= 11 is 5.55. The van der Waals surface area contributed by atoms with Gasteiger partial charge in [0.05, 0.1) is 5.88 Å². The van der Waals surface area contributed by atoms with Crippen LogP contribution in [0.2, 0.25) is 0 Å². The highest BCUT2D eigenvalue weighted by Crippen LogP contribution is 2.27. The van der Waals surface area contributed by atoms with Crippen LogP contribution in [0, 0.1) is 10.1 Å². The molecule has 0 aliphatic carbocycles. The van der Waals surface area contributed by atoms with Gasteiger partial charge in [0.1, 0.15) is 12.7 Å². The zero-order valence-electron chi connectivity index (χ0n) is 6.51. The fraction of sp³-hybridized carbons (Fsp3) is 0.500. The van der Waals surface area contributed by atoms with Crippen LogP contribution in [0.4, 0.5) is 5.82 Å². The van der Waals surface area contributed by atoms with Crippen LogP contribution in [0.15, 0.2) is 6.20 Å². The fourth-order valence-corrected chi connectivity index (χ4v) is 1.39. The van der Waals surface area contributed by atoms with Crippen LogP contribution in [-0.2, 0) is 6.54 Å². The SMILES string of the molecule is O=[N+]([O-])c1cnc2n1CC(CCl)O2. The van der Waals surface area contributed by atoms with Crippen molar-refractivity contribution in [2.75, 3.05) is 5.88 Å². The molecule has 0 amide bonds. The second kappa shape index (κ2) is 2.88. The standard InChI is InChI=1S/C6H6ClN3O3/c7-1-4-3-9-5(10(11)12)2-8-6(9)13-4/h2,4H,1,3H2. The number of fused-ring (bicyclic) bond motifs is 1. The number of halogens is 1. The van der Waals surface area contributed by atoms with Gasteiger partial charge in [-0.15, -0.1) is 11.6 Å². The Morgan fingerprint density at radius 1 is 1.92 bits per heavy atom. The molecule has 0 radical (unpaired) electrons. The molecule has 70 valence electrons. The van der Waals surface area contributed by atoms with Crippen LogP contribution in [0.25, 0.3) is 0 Å². The molecule has 0 saturated carbocycles. The number of nitro groups is 1. The van der Waals surface area contributed by atoms with E-state index in [0.717, 1.165) is 0 Å². The molecule has 0 N–H and O–H groups in total. The molecule has 0 saturated heterocycles. The van der Waals surface area contributed by atoms with Gasteiger partial charge < -0.3 is 14.9 Å². The Morgan fingerprint density at radius 2 is 2.69 bits per heavy atom. The Morgan fingerprint density at radius 3 is 3.31 bits per heavy atom. The van der Waals surface area contributed by atoms with Gasteiger partial charge in [-0.3, -0.25) is 0 Å². The minimum atomic E-state index is -0.490. The largest absolute Gasteiger partial charge is 0.439 e. The van der Waals surface area contributed by atoms with E-state index in [0.29, 0.717) is 12.4 Å². The zero-order chi connectivity index (χ0) is 9.42. The first kappa shape index (κ1) is 8.31. The number of imidazole rings is 1. The Hall–Kier alpha value is -1.30. The first-order valence-corrected chi connectivity index (χ1v) is 4.18. The van der Waals surface area contributed by atoms with E-state index in [1.807, 2.05) is 0 Å². The van der Waals surface area contributed by atoms with Crippen molar-refractivity contribution in [2.45, 2.75) is 12.6 Å². The normalized spacial score (nSPS) is 19.6. The van der Waals surface area contributed by atoms with Gasteiger partial charge in [0.15, 0.2) is 6.10 Å². The average Bonchev–Trinajstić information content (AvgIpc) is 2.59. The van der Waals surface area contributed by atoms with Crippen LogP contribution in [0.3, 0.4) is 0 Å². The topological polar surface area (TPSA) is 70.2 Å². The molecular weight excluding hydrogens is 198 g/mol. The van der Waals surface area contributed by atoms with Crippen molar-refractivity contribution in [1.29, 1.82) is 0 Å². The van der Waals surface area contributed by atoms with Crippen LogP contribution in [0.1, 0.15) is 0 Å². The lowest BCUT2D eigenvalue weighted by Crippen LogP contribution is -2.16. The van der Waals surface area contributed by atoms with Crippen molar-refractivity contribution in [3.05, 3.63) is 16.3 Å². The smallest absolute Gasteiger partial charge is 0.391 e. The van der Waals surface area contributed by atoms with Gasteiger partial charge >= 0.3 is 11.8 Å². The maximum absolute atomic E-state index is 10.5. The molecule has 0 spiro atoms. The van der Waals surface area contributed by atoms with Crippen molar-refractivity contribution >= 4 is 17.4 Å². The minimum absolute atomic E-state index is 0.0531. The zero-order valence-corrected chi connectivity index (χ0v) is 7.27. The molecule has 2 heterocycles. The Labute approximate surface area is 78.2 Å². The molecule has 7 heteroatoms. The highest BCUT2D eigenvalue weighted by molar-refractivity contribution is 6.18. The quantitative estimate of drug-likeness (QED) is 0.405. The second-order valence-corrected chi connectivity index (χ2v) is 2.97. The predicted molar refractivity (Wildman–Crippen MR) is 44.0 cm³/mol. The van der Waals surface area contributed by atoms with Gasteiger partial charge in [-0.05, 0) is 4.92 Å². The van der Waals surface area contributed by atoms with Gasteiger partial charge in [-0.1, -0.05) is 0 Å². The highest BCUT2D eigenvalue weighted by atomic mass is 35.5. The van der Waals surface area contributed by atoms with Crippen LogP contribution in [-0.4, -0.2) is 26.5 Å². The molecule has 1 aliphatic heterocycles. The summed E-state index contributed by atoms with van der Waals surface area (Å²) in [7, 11) is 0. The molecule has 6 nitrogen and oxygen atoms in total. The van der Waals surface area contributed by atoms with Crippen LogP contribution < -0.4 is 4.74 Å². The number of hydrogen-bond donors (Lipinski definition) is 0. The van der Waals surface area contributed by atoms with E-state index in [1.54, 1.807) is 0 Å². The summed E-state index contributed by atoms with van der Waals surface area (Å²) in [5.74, 6) is 0.253. The van der Waals surface area contributed by atoms with Crippen LogP contribution in [0.5, 0.6) is 6.01 Å². The Balaban J connectivity index is 2.32. The number of ether oxygens (including phenoxy) is 1. The van der Waals surface area contributed by atoms with Crippen molar-refractivity contribution in [1.82, 2.24) is 9.55 Å². The maximum Gasteiger partial charge on any atom is 0.391 e. The fourth-order valence-electron chi connectivity index (χ4n) is 1.23. The predicted octanol–water partition coefficient (Wildman–Crippen LogP) is 0.791. The molecule has 1 unspecified atom stereocenters. The molecule has 2 rings (SSSR count). The maximum atomic E-state index is 10.5. The molecule has 13 heavy (non-hydrogen) atoms. The molecule has 1 aliphatic rings. The van der Waals surface area contributed by atoms with Crippen molar-refractivity contribution in [2.24, 2.45) is 0 Å². The number of aromatic nitrogens is 2. The number of nitrogens with zero attached hydrogens (tertiary/aromatic N) is 3. The monoisotopic (exact) mass is 203 g/mol. The van der Waals surface area contributed by atoms with Gasteiger partial charge in [0.2, 0.25) is 0 Å². The first-order chi connectivity index (χ1) is 6.22. The van der Waals surface area contributed by atoms with Crippen molar-refractivity contribution in [3.8, 4) is 6.01 Å². The van der Waals surface area contributed by atoms with E-state index < -0.39 is 4.92 Å². The van der Waals surface area contributed by atoms with E-state index in [2.05, 4.69) is 4.98 Å². The summed E-state index contributed by atoms with van der Waals surface area (Å²) < 4.78 is 6.61. The highest BCUT2D eigenvalue weighted by Gasteiger charge is 2.32. The van der Waals surface area contributed by atoms with Gasteiger partial charge in [-0.25, -0.2) is 0 Å². The van der Waals surface area contributed by atoms with Crippen LogP contribution >= 0.6 is 11.6 Å². The van der Waals surface area contributed by atoms with Gasteiger partial charge in [-0.2, -0.15) is 9.55 Å². The van der Waals surface area contributed by atoms with Gasteiger partial charge in [0, 0.05) is 0 Å². The summed E-state index contributed by atoms with van der Waals surface area (Å²) in [6.07, 6.45) is 0.976. The van der Waals surface area contributed by atoms with E-state index in [-0.39, 0.29) is 17.9 Å². The summed E-state index contributed by atoms with van der Waals surface area (Å²) in [6.45, 7) is 0.398. The number of rotatable bonds is 2. The number of hydrogen-bond acceptors (Lipinski definition) is 4. The lowest BCUT2D eigenvalue weighted by molar-refractivity contribution is -0.392. The lowest BCUT2D eigenvalue weighted by atomic mass is 10.4. The van der Waals surface area contributed by atoms with Gasteiger partial charge in [0.25, 0.3) is 0 Å². The third-order valence-electron chi connectivity index (χ3n) is 1.82. The lowest BCUT2D eigenvalue weighted by Gasteiger charge is -1.99. The average molecular weight is 204 g/mol. The van der Waals surface area contributed by atoms with E-state index in [1.165, 1.54) is 10.8 Å². The summed E-state index contributed by atoms with van der Waals surface area (Å²) in [4.78, 5) is 13.7. The van der Waals surface area contributed by atoms with E-state index in [4.69, 9.17) is 16.3 Å². The third kappa shape index (κ3) is 1.23.